The number of halogens is 4. The standard InChI is InChI=1S/C13H24F3N3O2.HI/c1-3-17-12(19-10-8-13(14,15)16)18-9-6-4-5-7-11(20)21-2;/h3-10H2,1-2H3,(H2,17,18,19);1H. The van der Waals surface area contributed by atoms with Gasteiger partial charge in [0.2, 0.25) is 0 Å². The molecule has 0 bridgehead atoms. The Kier molecular flexibility index (Phi) is 14.9. The molecular weight excluding hydrogens is 414 g/mol. The highest BCUT2D eigenvalue weighted by atomic mass is 127. The smallest absolute Gasteiger partial charge is 0.390 e. The van der Waals surface area contributed by atoms with E-state index in [9.17, 15) is 18.0 Å². The maximum Gasteiger partial charge on any atom is 0.390 e. The molecule has 0 saturated heterocycles. The molecule has 0 radical (unpaired) electrons. The molecule has 0 aliphatic heterocycles. The van der Waals surface area contributed by atoms with Crippen LogP contribution >= 0.6 is 24.0 Å². The molecule has 0 aliphatic carbocycles. The zero-order chi connectivity index (χ0) is 16.1. The molecule has 0 amide bonds. The molecule has 0 saturated carbocycles. The molecule has 0 fully saturated rings. The molecule has 0 aliphatic rings. The van der Waals surface area contributed by atoms with E-state index in [1.54, 1.807) is 0 Å². The first kappa shape index (κ1) is 23.5. The summed E-state index contributed by atoms with van der Waals surface area (Å²) in [6, 6.07) is 0. The highest BCUT2D eigenvalue weighted by Crippen LogP contribution is 2.17. The zero-order valence-corrected chi connectivity index (χ0v) is 15.3. The lowest BCUT2D eigenvalue weighted by atomic mass is 10.2. The van der Waals surface area contributed by atoms with Crippen LogP contribution in [0.3, 0.4) is 0 Å². The van der Waals surface area contributed by atoms with Crippen LogP contribution in [0.15, 0.2) is 4.99 Å². The fourth-order valence-corrected chi connectivity index (χ4v) is 1.52. The fraction of sp³-hybridized carbons (Fsp3) is 0.846. The van der Waals surface area contributed by atoms with E-state index in [0.29, 0.717) is 25.5 Å². The number of nitrogens with zero attached hydrogens (tertiary/aromatic N) is 1. The van der Waals surface area contributed by atoms with Gasteiger partial charge < -0.3 is 15.4 Å². The predicted octanol–water partition coefficient (Wildman–Crippen LogP) is 2.85. The second-order valence-electron chi connectivity index (χ2n) is 4.44. The van der Waals surface area contributed by atoms with E-state index in [2.05, 4.69) is 20.4 Å². The van der Waals surface area contributed by atoms with Crippen molar-refractivity contribution in [2.75, 3.05) is 26.7 Å². The van der Waals surface area contributed by atoms with Gasteiger partial charge in [-0.25, -0.2) is 0 Å². The van der Waals surface area contributed by atoms with Crippen LogP contribution in [0, 0.1) is 0 Å². The number of carbonyl (C=O) groups excluding carboxylic acids is 1. The molecule has 0 aromatic carbocycles. The first-order chi connectivity index (χ1) is 9.89. The summed E-state index contributed by atoms with van der Waals surface area (Å²) < 4.78 is 40.6. The maximum atomic E-state index is 12.0. The van der Waals surface area contributed by atoms with E-state index >= 15 is 0 Å². The lowest BCUT2D eigenvalue weighted by Crippen LogP contribution is -2.39. The first-order valence-corrected chi connectivity index (χ1v) is 7.04. The van der Waals surface area contributed by atoms with Gasteiger partial charge in [-0.3, -0.25) is 9.79 Å². The number of ether oxygens (including phenoxy) is 1. The number of nitrogens with one attached hydrogen (secondary N) is 2. The van der Waals surface area contributed by atoms with Crippen molar-refractivity contribution in [2.24, 2.45) is 4.99 Å². The summed E-state index contributed by atoms with van der Waals surface area (Å²) in [4.78, 5) is 15.1. The number of alkyl halides is 3. The van der Waals surface area contributed by atoms with Gasteiger partial charge in [0.05, 0.1) is 13.5 Å². The van der Waals surface area contributed by atoms with Gasteiger partial charge in [-0.15, -0.1) is 24.0 Å². The van der Waals surface area contributed by atoms with Gasteiger partial charge in [-0.1, -0.05) is 6.42 Å². The lowest BCUT2D eigenvalue weighted by Gasteiger charge is -2.12. The van der Waals surface area contributed by atoms with Crippen molar-refractivity contribution < 1.29 is 22.7 Å². The van der Waals surface area contributed by atoms with E-state index in [1.807, 2.05) is 6.92 Å². The summed E-state index contributed by atoms with van der Waals surface area (Å²) >= 11 is 0. The third kappa shape index (κ3) is 15.6. The van der Waals surface area contributed by atoms with Gasteiger partial charge in [0.15, 0.2) is 5.96 Å². The van der Waals surface area contributed by atoms with Crippen molar-refractivity contribution in [2.45, 2.75) is 45.2 Å². The zero-order valence-electron chi connectivity index (χ0n) is 13.0. The molecule has 2 N–H and O–H groups in total. The minimum atomic E-state index is -4.17. The molecule has 0 aromatic heterocycles. The average molecular weight is 439 g/mol. The number of hydrogen-bond donors (Lipinski definition) is 2. The molecule has 9 heteroatoms. The highest BCUT2D eigenvalue weighted by molar-refractivity contribution is 14.0. The summed E-state index contributed by atoms with van der Waals surface area (Å²) in [7, 11) is 1.35. The van der Waals surface area contributed by atoms with Gasteiger partial charge in [0.25, 0.3) is 0 Å². The summed E-state index contributed by atoms with van der Waals surface area (Å²) in [6.45, 7) is 2.73. The minimum Gasteiger partial charge on any atom is -0.469 e. The number of unbranched alkanes of at least 4 members (excludes halogenated alkanes) is 2. The van der Waals surface area contributed by atoms with E-state index in [4.69, 9.17) is 0 Å². The van der Waals surface area contributed by atoms with Crippen LogP contribution in [0.25, 0.3) is 0 Å². The van der Waals surface area contributed by atoms with Crippen LogP contribution in [-0.2, 0) is 9.53 Å². The van der Waals surface area contributed by atoms with E-state index in [-0.39, 0.29) is 36.5 Å². The average Bonchev–Trinajstić information content (AvgIpc) is 2.40. The molecule has 22 heavy (non-hydrogen) atoms. The maximum absolute atomic E-state index is 12.0. The third-order valence-electron chi connectivity index (χ3n) is 2.58. The fourth-order valence-electron chi connectivity index (χ4n) is 1.52. The first-order valence-electron chi connectivity index (χ1n) is 7.04. The largest absolute Gasteiger partial charge is 0.469 e. The monoisotopic (exact) mass is 439 g/mol. The van der Waals surface area contributed by atoms with Gasteiger partial charge in [0.1, 0.15) is 0 Å². The van der Waals surface area contributed by atoms with Crippen molar-refractivity contribution in [1.29, 1.82) is 0 Å². The van der Waals surface area contributed by atoms with Crippen LogP contribution in [0.4, 0.5) is 13.2 Å². The van der Waals surface area contributed by atoms with Crippen molar-refractivity contribution in [3.05, 3.63) is 0 Å². The van der Waals surface area contributed by atoms with Crippen molar-refractivity contribution in [3.63, 3.8) is 0 Å². The van der Waals surface area contributed by atoms with Gasteiger partial charge in [-0.2, -0.15) is 13.2 Å². The molecule has 0 heterocycles. The summed E-state index contributed by atoms with van der Waals surface area (Å²) in [5, 5.41) is 5.52. The number of carbonyl (C=O) groups is 1. The molecule has 132 valence electrons. The van der Waals surface area contributed by atoms with Crippen LogP contribution in [0.5, 0.6) is 0 Å². The number of aliphatic imine (C=N–C) groups is 1. The highest BCUT2D eigenvalue weighted by Gasteiger charge is 2.26. The van der Waals surface area contributed by atoms with E-state index < -0.39 is 12.6 Å². The molecule has 0 rings (SSSR count). The Labute approximate surface area is 146 Å². The summed E-state index contributed by atoms with van der Waals surface area (Å²) in [5.74, 6) is 0.148. The second-order valence-corrected chi connectivity index (χ2v) is 4.44. The molecular formula is C13H25F3IN3O2. The van der Waals surface area contributed by atoms with Gasteiger partial charge in [-0.05, 0) is 19.8 Å². The lowest BCUT2D eigenvalue weighted by molar-refractivity contribution is -0.140. The topological polar surface area (TPSA) is 62.7 Å². The predicted molar refractivity (Wildman–Crippen MR) is 90.6 cm³/mol. The Morgan fingerprint density at radius 3 is 2.41 bits per heavy atom. The number of methoxy groups -OCH3 is 1. The van der Waals surface area contributed by atoms with Crippen LogP contribution in [0.2, 0.25) is 0 Å². The van der Waals surface area contributed by atoms with E-state index in [0.717, 1.165) is 19.3 Å². The number of rotatable bonds is 9. The van der Waals surface area contributed by atoms with Crippen molar-refractivity contribution >= 4 is 35.9 Å². The molecule has 5 nitrogen and oxygen atoms in total. The second kappa shape index (κ2) is 13.9. The van der Waals surface area contributed by atoms with Gasteiger partial charge >= 0.3 is 12.1 Å². The van der Waals surface area contributed by atoms with Crippen molar-refractivity contribution in [1.82, 2.24) is 10.6 Å². The van der Waals surface area contributed by atoms with Gasteiger partial charge in [0, 0.05) is 26.1 Å². The third-order valence-corrected chi connectivity index (χ3v) is 2.58. The summed E-state index contributed by atoms with van der Waals surface area (Å²) in [5.41, 5.74) is 0. The molecule has 0 spiro atoms. The molecule has 0 atom stereocenters. The SMILES string of the molecule is CCNC(=NCCCCCC(=O)OC)NCCC(F)(F)F.I. The Hall–Kier alpha value is -0.740. The Morgan fingerprint density at radius 2 is 1.86 bits per heavy atom. The number of guanidine groups is 1. The molecule has 0 unspecified atom stereocenters. The Morgan fingerprint density at radius 1 is 1.18 bits per heavy atom. The minimum absolute atomic E-state index is 0. The quantitative estimate of drug-likeness (QED) is 0.191. The number of esters is 1. The normalized spacial score (nSPS) is 11.6. The Balaban J connectivity index is 0. The summed E-state index contributed by atoms with van der Waals surface area (Å²) in [6.07, 6.45) is -2.37. The Bertz CT molecular complexity index is 326. The molecule has 0 aromatic rings. The van der Waals surface area contributed by atoms with Crippen LogP contribution in [0.1, 0.15) is 39.0 Å². The van der Waals surface area contributed by atoms with Crippen LogP contribution < -0.4 is 10.6 Å². The van der Waals surface area contributed by atoms with Crippen molar-refractivity contribution in [3.8, 4) is 0 Å². The van der Waals surface area contributed by atoms with E-state index in [1.165, 1.54) is 7.11 Å². The van der Waals surface area contributed by atoms with Crippen LogP contribution in [-0.4, -0.2) is 44.8 Å². The number of hydrogen-bond acceptors (Lipinski definition) is 3.